The summed E-state index contributed by atoms with van der Waals surface area (Å²) in [6.07, 6.45) is 3.55. The van der Waals surface area contributed by atoms with Crippen LogP contribution in [0.1, 0.15) is 18.4 Å². The highest BCUT2D eigenvalue weighted by atomic mass is 16.5. The van der Waals surface area contributed by atoms with Crippen molar-refractivity contribution in [2.45, 2.75) is 19.3 Å². The Morgan fingerprint density at radius 2 is 1.89 bits per heavy atom. The largest absolute Gasteiger partial charge is 0.382 e. The van der Waals surface area contributed by atoms with E-state index in [1.54, 1.807) is 7.11 Å². The van der Waals surface area contributed by atoms with Crippen LogP contribution >= 0.6 is 0 Å². The summed E-state index contributed by atoms with van der Waals surface area (Å²) in [6.45, 7) is 4.52. The van der Waals surface area contributed by atoms with Crippen LogP contribution in [-0.4, -0.2) is 40.0 Å². The van der Waals surface area contributed by atoms with Crippen LogP contribution in [0.15, 0.2) is 30.3 Å². The molecule has 2 rings (SSSR count). The number of methoxy groups -OCH3 is 1. The predicted octanol–water partition coefficient (Wildman–Crippen LogP) is 2.26. The van der Waals surface area contributed by atoms with Crippen molar-refractivity contribution in [1.29, 1.82) is 0 Å². The molecule has 0 radical (unpaired) electrons. The fraction of sp³-hybridized carbons (Fsp3) is 0.625. The smallest absolute Gasteiger partial charge is 0.0700 e. The topological polar surface area (TPSA) is 30.5 Å². The van der Waals surface area contributed by atoms with Gasteiger partial charge in [-0.25, -0.2) is 0 Å². The zero-order chi connectivity index (χ0) is 13.4. The zero-order valence-corrected chi connectivity index (χ0v) is 11.9. The quantitative estimate of drug-likeness (QED) is 0.693. The Balaban J connectivity index is 1.70. The van der Waals surface area contributed by atoms with Crippen molar-refractivity contribution in [3.63, 3.8) is 0 Å². The summed E-state index contributed by atoms with van der Waals surface area (Å²) < 4.78 is 10.5. The lowest BCUT2D eigenvalue weighted by molar-refractivity contribution is 0.0574. The first-order chi connectivity index (χ1) is 9.35. The minimum atomic E-state index is 0.450. The highest BCUT2D eigenvalue weighted by Gasteiger charge is 2.36. The molecule has 0 unspecified atom stereocenters. The standard InChI is InChI=1S/C16H25NO2/c1-18-10-11-19-9-5-8-16(13-17-14-16)12-15-6-3-2-4-7-15/h2-4,6-7,17H,5,8-14H2,1H3. The summed E-state index contributed by atoms with van der Waals surface area (Å²) in [5, 5.41) is 3.42. The minimum Gasteiger partial charge on any atom is -0.382 e. The zero-order valence-electron chi connectivity index (χ0n) is 11.9. The summed E-state index contributed by atoms with van der Waals surface area (Å²) in [4.78, 5) is 0. The molecule has 0 atom stereocenters. The second kappa shape index (κ2) is 7.63. The third-order valence-electron chi connectivity index (χ3n) is 3.85. The van der Waals surface area contributed by atoms with E-state index in [9.17, 15) is 0 Å². The molecule has 3 nitrogen and oxygen atoms in total. The van der Waals surface area contributed by atoms with E-state index in [1.165, 1.54) is 18.4 Å². The van der Waals surface area contributed by atoms with Crippen LogP contribution < -0.4 is 5.32 Å². The molecule has 1 aliphatic rings. The highest BCUT2D eigenvalue weighted by molar-refractivity contribution is 5.18. The van der Waals surface area contributed by atoms with Crippen molar-refractivity contribution in [3.8, 4) is 0 Å². The number of nitrogens with one attached hydrogen (secondary N) is 1. The molecule has 0 aliphatic carbocycles. The van der Waals surface area contributed by atoms with Gasteiger partial charge < -0.3 is 14.8 Å². The third kappa shape index (κ3) is 4.60. The number of hydrogen-bond acceptors (Lipinski definition) is 3. The van der Waals surface area contributed by atoms with Gasteiger partial charge in [0.05, 0.1) is 13.2 Å². The van der Waals surface area contributed by atoms with Gasteiger partial charge in [-0.15, -0.1) is 0 Å². The van der Waals surface area contributed by atoms with Crippen LogP contribution in [0, 0.1) is 5.41 Å². The van der Waals surface area contributed by atoms with Gasteiger partial charge in [0.1, 0.15) is 0 Å². The third-order valence-corrected chi connectivity index (χ3v) is 3.85. The van der Waals surface area contributed by atoms with E-state index in [0.717, 1.165) is 26.1 Å². The van der Waals surface area contributed by atoms with Gasteiger partial charge in [-0.2, -0.15) is 0 Å². The number of rotatable bonds is 9. The molecule has 19 heavy (non-hydrogen) atoms. The van der Waals surface area contributed by atoms with Crippen LogP contribution in [0.4, 0.5) is 0 Å². The Labute approximate surface area is 116 Å². The Morgan fingerprint density at radius 1 is 1.11 bits per heavy atom. The van der Waals surface area contributed by atoms with Gasteiger partial charge in [-0.3, -0.25) is 0 Å². The van der Waals surface area contributed by atoms with Crippen LogP contribution in [0.2, 0.25) is 0 Å². The molecule has 1 heterocycles. The fourth-order valence-electron chi connectivity index (χ4n) is 2.69. The van der Waals surface area contributed by atoms with Gasteiger partial charge >= 0.3 is 0 Å². The van der Waals surface area contributed by atoms with Crippen molar-refractivity contribution in [2.24, 2.45) is 5.41 Å². The minimum absolute atomic E-state index is 0.450. The molecule has 1 aliphatic heterocycles. The number of hydrogen-bond donors (Lipinski definition) is 1. The van der Waals surface area contributed by atoms with Crippen molar-refractivity contribution >= 4 is 0 Å². The maximum absolute atomic E-state index is 5.54. The van der Waals surface area contributed by atoms with Gasteiger partial charge in [0.2, 0.25) is 0 Å². The molecule has 0 saturated carbocycles. The first kappa shape index (κ1) is 14.5. The lowest BCUT2D eigenvalue weighted by Gasteiger charge is -2.43. The molecular formula is C16H25NO2. The Morgan fingerprint density at radius 3 is 2.53 bits per heavy atom. The Hall–Kier alpha value is -0.900. The second-order valence-corrected chi connectivity index (χ2v) is 5.47. The molecule has 0 aromatic heterocycles. The fourth-order valence-corrected chi connectivity index (χ4v) is 2.69. The van der Waals surface area contributed by atoms with E-state index in [4.69, 9.17) is 9.47 Å². The van der Waals surface area contributed by atoms with E-state index in [0.29, 0.717) is 18.6 Å². The molecule has 0 spiro atoms. The monoisotopic (exact) mass is 263 g/mol. The normalized spacial score (nSPS) is 17.1. The van der Waals surface area contributed by atoms with Gasteiger partial charge in [0, 0.05) is 26.8 Å². The molecule has 0 amide bonds. The summed E-state index contributed by atoms with van der Waals surface area (Å²) >= 11 is 0. The molecule has 0 bridgehead atoms. The molecular weight excluding hydrogens is 238 g/mol. The van der Waals surface area contributed by atoms with Crippen LogP contribution in [-0.2, 0) is 15.9 Å². The molecule has 1 aromatic rings. The van der Waals surface area contributed by atoms with E-state index in [1.807, 2.05) is 0 Å². The van der Waals surface area contributed by atoms with Crippen molar-refractivity contribution in [1.82, 2.24) is 5.32 Å². The summed E-state index contributed by atoms with van der Waals surface area (Å²) in [6, 6.07) is 10.8. The van der Waals surface area contributed by atoms with Gasteiger partial charge in [0.25, 0.3) is 0 Å². The summed E-state index contributed by atoms with van der Waals surface area (Å²) in [7, 11) is 1.71. The first-order valence-corrected chi connectivity index (χ1v) is 7.16. The van der Waals surface area contributed by atoms with Gasteiger partial charge in [-0.1, -0.05) is 30.3 Å². The summed E-state index contributed by atoms with van der Waals surface area (Å²) in [5.41, 5.74) is 1.90. The predicted molar refractivity (Wildman–Crippen MR) is 77.4 cm³/mol. The average molecular weight is 263 g/mol. The van der Waals surface area contributed by atoms with Crippen LogP contribution in [0.5, 0.6) is 0 Å². The van der Waals surface area contributed by atoms with E-state index in [-0.39, 0.29) is 0 Å². The lowest BCUT2D eigenvalue weighted by Crippen LogP contribution is -2.54. The molecule has 1 aromatic carbocycles. The van der Waals surface area contributed by atoms with Crippen molar-refractivity contribution in [3.05, 3.63) is 35.9 Å². The highest BCUT2D eigenvalue weighted by Crippen LogP contribution is 2.32. The first-order valence-electron chi connectivity index (χ1n) is 7.16. The average Bonchev–Trinajstić information content (AvgIpc) is 2.41. The summed E-state index contributed by atoms with van der Waals surface area (Å²) in [5.74, 6) is 0. The molecule has 1 saturated heterocycles. The maximum Gasteiger partial charge on any atom is 0.0700 e. The molecule has 1 fully saturated rings. The van der Waals surface area contributed by atoms with E-state index >= 15 is 0 Å². The SMILES string of the molecule is COCCOCCCC1(Cc2ccccc2)CNC1. The molecule has 3 heteroatoms. The lowest BCUT2D eigenvalue weighted by atomic mass is 9.73. The van der Waals surface area contributed by atoms with Gasteiger partial charge in [0.15, 0.2) is 0 Å². The molecule has 1 N–H and O–H groups in total. The van der Waals surface area contributed by atoms with Crippen LogP contribution in [0.25, 0.3) is 0 Å². The van der Waals surface area contributed by atoms with E-state index in [2.05, 4.69) is 35.6 Å². The maximum atomic E-state index is 5.54. The van der Waals surface area contributed by atoms with Crippen molar-refractivity contribution < 1.29 is 9.47 Å². The van der Waals surface area contributed by atoms with E-state index < -0.39 is 0 Å². The van der Waals surface area contributed by atoms with Crippen LogP contribution in [0.3, 0.4) is 0 Å². The number of benzene rings is 1. The van der Waals surface area contributed by atoms with Crippen molar-refractivity contribution in [2.75, 3.05) is 40.0 Å². The molecule has 106 valence electrons. The Kier molecular flexibility index (Phi) is 5.83. The Bertz CT molecular complexity index is 349. The second-order valence-electron chi connectivity index (χ2n) is 5.47. The van der Waals surface area contributed by atoms with Gasteiger partial charge in [-0.05, 0) is 30.2 Å². The number of ether oxygens (including phenoxy) is 2.